The average Bonchev–Trinajstić information content (AvgIpc) is 2.98. The quantitative estimate of drug-likeness (QED) is 0.743. The van der Waals surface area contributed by atoms with E-state index in [1.165, 1.54) is 6.33 Å². The van der Waals surface area contributed by atoms with E-state index in [0.717, 1.165) is 6.42 Å². The van der Waals surface area contributed by atoms with Gasteiger partial charge in [-0.25, -0.2) is 9.97 Å². The summed E-state index contributed by atoms with van der Waals surface area (Å²) >= 11 is 0. The standard InChI is InChI=1S/C10H7N5O/c11-4-6-3-7(6)10-14-9(15-16-10)8-1-2-12-5-13-8/h1-2,5-7H,3H2. The molecular weight excluding hydrogens is 206 g/mol. The molecule has 0 bridgehead atoms. The average molecular weight is 213 g/mol. The van der Waals surface area contributed by atoms with Gasteiger partial charge in [0.2, 0.25) is 11.7 Å². The molecule has 2 aromatic rings. The Balaban J connectivity index is 1.87. The van der Waals surface area contributed by atoms with Crippen LogP contribution in [0.3, 0.4) is 0 Å². The first-order valence-electron chi connectivity index (χ1n) is 4.88. The van der Waals surface area contributed by atoms with Gasteiger partial charge in [0, 0.05) is 6.20 Å². The van der Waals surface area contributed by atoms with Crippen LogP contribution in [0.15, 0.2) is 23.1 Å². The molecule has 2 unspecified atom stereocenters. The monoisotopic (exact) mass is 213 g/mol. The Hall–Kier alpha value is -2.29. The second-order valence-corrected chi connectivity index (χ2v) is 3.63. The smallest absolute Gasteiger partial charge is 0.231 e. The van der Waals surface area contributed by atoms with Crippen LogP contribution >= 0.6 is 0 Å². The van der Waals surface area contributed by atoms with Crippen molar-refractivity contribution in [3.05, 3.63) is 24.5 Å². The predicted octanol–water partition coefficient (Wildman–Crippen LogP) is 1.15. The van der Waals surface area contributed by atoms with Gasteiger partial charge in [-0.2, -0.15) is 10.2 Å². The zero-order valence-corrected chi connectivity index (χ0v) is 8.24. The van der Waals surface area contributed by atoms with Gasteiger partial charge in [0.25, 0.3) is 0 Å². The third-order valence-corrected chi connectivity index (χ3v) is 2.53. The highest BCUT2D eigenvalue weighted by Crippen LogP contribution is 2.46. The number of nitriles is 1. The summed E-state index contributed by atoms with van der Waals surface area (Å²) in [6.07, 6.45) is 3.86. The van der Waals surface area contributed by atoms with Crippen molar-refractivity contribution in [1.82, 2.24) is 20.1 Å². The molecule has 0 saturated heterocycles. The minimum Gasteiger partial charge on any atom is -0.339 e. The van der Waals surface area contributed by atoms with Crippen LogP contribution in [0.2, 0.25) is 0 Å². The lowest BCUT2D eigenvalue weighted by atomic mass is 10.3. The molecule has 0 aliphatic heterocycles. The minimum absolute atomic E-state index is 0.0266. The first-order chi connectivity index (χ1) is 7.88. The Morgan fingerprint density at radius 3 is 3.12 bits per heavy atom. The molecular formula is C10H7N5O. The summed E-state index contributed by atoms with van der Waals surface area (Å²) in [4.78, 5) is 12.1. The summed E-state index contributed by atoms with van der Waals surface area (Å²) in [6.45, 7) is 0. The normalized spacial score (nSPS) is 22.7. The number of aromatic nitrogens is 4. The van der Waals surface area contributed by atoms with Gasteiger partial charge in [-0.05, 0) is 12.5 Å². The van der Waals surface area contributed by atoms with Gasteiger partial charge in [0.1, 0.15) is 12.0 Å². The molecule has 1 aliphatic rings. The van der Waals surface area contributed by atoms with E-state index in [-0.39, 0.29) is 11.8 Å². The van der Waals surface area contributed by atoms with E-state index in [1.807, 2.05) is 0 Å². The topological polar surface area (TPSA) is 88.5 Å². The summed E-state index contributed by atoms with van der Waals surface area (Å²) < 4.78 is 5.10. The molecule has 6 heteroatoms. The molecule has 0 aromatic carbocycles. The molecule has 1 aliphatic carbocycles. The lowest BCUT2D eigenvalue weighted by Gasteiger charge is -1.88. The van der Waals surface area contributed by atoms with Crippen LogP contribution in [0, 0.1) is 17.2 Å². The Labute approximate surface area is 91.0 Å². The van der Waals surface area contributed by atoms with E-state index in [1.54, 1.807) is 12.3 Å². The van der Waals surface area contributed by atoms with Crippen LogP contribution in [-0.2, 0) is 0 Å². The van der Waals surface area contributed by atoms with E-state index < -0.39 is 0 Å². The van der Waals surface area contributed by atoms with Crippen molar-refractivity contribution in [3.63, 3.8) is 0 Å². The Kier molecular flexibility index (Phi) is 1.90. The van der Waals surface area contributed by atoms with Crippen molar-refractivity contribution in [3.8, 4) is 17.6 Å². The third kappa shape index (κ3) is 1.42. The molecule has 0 amide bonds. The molecule has 0 spiro atoms. The van der Waals surface area contributed by atoms with Crippen molar-refractivity contribution in [2.24, 2.45) is 5.92 Å². The van der Waals surface area contributed by atoms with Crippen LogP contribution < -0.4 is 0 Å². The first kappa shape index (κ1) is 8.97. The molecule has 6 nitrogen and oxygen atoms in total. The van der Waals surface area contributed by atoms with Gasteiger partial charge in [-0.1, -0.05) is 5.16 Å². The predicted molar refractivity (Wildman–Crippen MR) is 51.8 cm³/mol. The van der Waals surface area contributed by atoms with Crippen LogP contribution in [0.4, 0.5) is 0 Å². The van der Waals surface area contributed by atoms with E-state index >= 15 is 0 Å². The first-order valence-corrected chi connectivity index (χ1v) is 4.88. The largest absolute Gasteiger partial charge is 0.339 e. The summed E-state index contributed by atoms with van der Waals surface area (Å²) in [5.74, 6) is 1.10. The summed E-state index contributed by atoms with van der Waals surface area (Å²) in [5.41, 5.74) is 0.624. The Morgan fingerprint density at radius 2 is 2.44 bits per heavy atom. The van der Waals surface area contributed by atoms with Crippen molar-refractivity contribution < 1.29 is 4.52 Å². The zero-order valence-electron chi connectivity index (χ0n) is 8.24. The lowest BCUT2D eigenvalue weighted by Crippen LogP contribution is -1.87. The molecule has 2 atom stereocenters. The van der Waals surface area contributed by atoms with Crippen LogP contribution in [0.25, 0.3) is 11.5 Å². The third-order valence-electron chi connectivity index (χ3n) is 2.53. The summed E-state index contributed by atoms with van der Waals surface area (Å²) in [6, 6.07) is 3.89. The van der Waals surface area contributed by atoms with Crippen molar-refractivity contribution in [1.29, 1.82) is 5.26 Å². The second-order valence-electron chi connectivity index (χ2n) is 3.63. The van der Waals surface area contributed by atoms with Crippen LogP contribution in [0.5, 0.6) is 0 Å². The summed E-state index contributed by atoms with van der Waals surface area (Å²) in [7, 11) is 0. The van der Waals surface area contributed by atoms with E-state index in [4.69, 9.17) is 9.78 Å². The SMILES string of the molecule is N#CC1CC1c1nc(-c2ccncn2)no1. The van der Waals surface area contributed by atoms with Crippen molar-refractivity contribution >= 4 is 0 Å². The van der Waals surface area contributed by atoms with Gasteiger partial charge in [-0.15, -0.1) is 0 Å². The highest BCUT2D eigenvalue weighted by atomic mass is 16.5. The van der Waals surface area contributed by atoms with Crippen molar-refractivity contribution in [2.45, 2.75) is 12.3 Å². The van der Waals surface area contributed by atoms with Crippen molar-refractivity contribution in [2.75, 3.05) is 0 Å². The number of nitrogens with zero attached hydrogens (tertiary/aromatic N) is 5. The minimum atomic E-state index is 0.0266. The van der Waals surface area contributed by atoms with E-state index in [2.05, 4.69) is 26.2 Å². The van der Waals surface area contributed by atoms with E-state index in [0.29, 0.717) is 17.4 Å². The number of hydrogen-bond acceptors (Lipinski definition) is 6. The van der Waals surface area contributed by atoms with Gasteiger partial charge in [0.05, 0.1) is 17.9 Å². The zero-order chi connectivity index (χ0) is 11.0. The lowest BCUT2D eigenvalue weighted by molar-refractivity contribution is 0.378. The van der Waals surface area contributed by atoms with E-state index in [9.17, 15) is 0 Å². The fourth-order valence-electron chi connectivity index (χ4n) is 1.52. The van der Waals surface area contributed by atoms with Gasteiger partial charge in [-0.3, -0.25) is 0 Å². The Morgan fingerprint density at radius 1 is 1.50 bits per heavy atom. The second kappa shape index (κ2) is 3.38. The molecule has 0 radical (unpaired) electrons. The van der Waals surface area contributed by atoms with Crippen LogP contribution in [-0.4, -0.2) is 20.1 Å². The Bertz CT molecular complexity index is 544. The van der Waals surface area contributed by atoms with Gasteiger partial charge in [0.15, 0.2) is 0 Å². The molecule has 2 heterocycles. The van der Waals surface area contributed by atoms with Crippen LogP contribution in [0.1, 0.15) is 18.2 Å². The number of rotatable bonds is 2. The molecule has 0 N–H and O–H groups in total. The fourth-order valence-corrected chi connectivity index (χ4v) is 1.52. The molecule has 1 fully saturated rings. The van der Waals surface area contributed by atoms with Gasteiger partial charge < -0.3 is 4.52 Å². The number of hydrogen-bond donors (Lipinski definition) is 0. The molecule has 1 saturated carbocycles. The van der Waals surface area contributed by atoms with Gasteiger partial charge >= 0.3 is 0 Å². The highest BCUT2D eigenvalue weighted by molar-refractivity contribution is 5.46. The molecule has 3 rings (SSSR count). The summed E-state index contributed by atoms with van der Waals surface area (Å²) in [5, 5.41) is 12.5. The fraction of sp³-hybridized carbons (Fsp3) is 0.300. The molecule has 16 heavy (non-hydrogen) atoms. The molecule has 2 aromatic heterocycles. The highest BCUT2D eigenvalue weighted by Gasteiger charge is 2.43. The maximum atomic E-state index is 8.70. The molecule has 78 valence electrons. The maximum Gasteiger partial charge on any atom is 0.231 e. The maximum absolute atomic E-state index is 8.70.